The summed E-state index contributed by atoms with van der Waals surface area (Å²) in [7, 11) is 1.91. The first kappa shape index (κ1) is 20.3. The number of carbonyl (C=O) groups excluding carboxylic acids is 1. The first-order valence-corrected chi connectivity index (χ1v) is 11.5. The molecule has 0 saturated carbocycles. The second kappa shape index (κ2) is 9.24. The van der Waals surface area contributed by atoms with E-state index in [0.29, 0.717) is 18.0 Å². The van der Waals surface area contributed by atoms with E-state index < -0.39 is 0 Å². The van der Waals surface area contributed by atoms with Crippen LogP contribution in [-0.2, 0) is 7.05 Å². The number of rotatable bonds is 5. The third-order valence-electron chi connectivity index (χ3n) is 6.74. The van der Waals surface area contributed by atoms with Crippen molar-refractivity contribution in [2.45, 2.75) is 58.3 Å². The van der Waals surface area contributed by atoms with Crippen molar-refractivity contribution in [3.63, 3.8) is 0 Å². The SMILES string of the molecule is CCN1CCC(CC(=O)c2nn(C)c3nc(N4CCCCCCC4)ccc23)CC1. The molecule has 2 aliphatic rings. The van der Waals surface area contributed by atoms with E-state index in [1.807, 2.05) is 7.05 Å². The van der Waals surface area contributed by atoms with E-state index in [4.69, 9.17) is 4.98 Å². The molecule has 4 rings (SSSR count). The zero-order chi connectivity index (χ0) is 20.2. The summed E-state index contributed by atoms with van der Waals surface area (Å²) in [5, 5.41) is 5.48. The maximum Gasteiger partial charge on any atom is 0.184 e. The zero-order valence-corrected chi connectivity index (χ0v) is 18.1. The number of Topliss-reactive ketones (excluding diaryl/α,β-unsaturated/α-hetero) is 1. The van der Waals surface area contributed by atoms with Gasteiger partial charge in [0, 0.05) is 26.6 Å². The number of fused-ring (bicyclic) bond motifs is 1. The third kappa shape index (κ3) is 4.63. The molecule has 158 valence electrons. The molecular formula is C23H35N5O. The fraction of sp³-hybridized carbons (Fsp3) is 0.696. The van der Waals surface area contributed by atoms with Crippen molar-refractivity contribution in [2.24, 2.45) is 13.0 Å². The van der Waals surface area contributed by atoms with Crippen molar-refractivity contribution in [2.75, 3.05) is 37.6 Å². The van der Waals surface area contributed by atoms with Crippen molar-refractivity contribution < 1.29 is 4.79 Å². The number of ketones is 1. The molecular weight excluding hydrogens is 362 g/mol. The Morgan fingerprint density at radius 1 is 1.03 bits per heavy atom. The number of aromatic nitrogens is 3. The lowest BCUT2D eigenvalue weighted by molar-refractivity contribution is 0.0926. The molecule has 2 aromatic rings. The summed E-state index contributed by atoms with van der Waals surface area (Å²) in [5.41, 5.74) is 1.43. The monoisotopic (exact) mass is 397 g/mol. The number of carbonyl (C=O) groups is 1. The number of hydrogen-bond acceptors (Lipinski definition) is 5. The Hall–Kier alpha value is -1.95. The van der Waals surface area contributed by atoms with E-state index in [1.54, 1.807) is 4.68 Å². The molecule has 0 spiro atoms. The fourth-order valence-electron chi connectivity index (χ4n) is 4.85. The zero-order valence-electron chi connectivity index (χ0n) is 18.1. The Balaban J connectivity index is 1.50. The molecule has 0 bridgehead atoms. The molecule has 0 aliphatic carbocycles. The van der Waals surface area contributed by atoms with Crippen molar-refractivity contribution in [1.82, 2.24) is 19.7 Å². The molecule has 2 saturated heterocycles. The Bertz CT molecular complexity index is 829. The molecule has 2 fully saturated rings. The molecule has 2 aromatic heterocycles. The molecule has 0 N–H and O–H groups in total. The first-order valence-electron chi connectivity index (χ1n) is 11.5. The van der Waals surface area contributed by atoms with Crippen LogP contribution in [0.3, 0.4) is 0 Å². The van der Waals surface area contributed by atoms with Crippen LogP contribution in [0.5, 0.6) is 0 Å². The highest BCUT2D eigenvalue weighted by molar-refractivity contribution is 6.05. The van der Waals surface area contributed by atoms with Crippen molar-refractivity contribution in [3.05, 3.63) is 17.8 Å². The van der Waals surface area contributed by atoms with E-state index in [1.165, 1.54) is 32.1 Å². The minimum Gasteiger partial charge on any atom is -0.357 e. The van der Waals surface area contributed by atoms with Crippen LogP contribution in [0.1, 0.15) is 68.8 Å². The van der Waals surface area contributed by atoms with Gasteiger partial charge in [0.1, 0.15) is 11.5 Å². The smallest absolute Gasteiger partial charge is 0.184 e. The molecule has 6 nitrogen and oxygen atoms in total. The Morgan fingerprint density at radius 2 is 1.72 bits per heavy atom. The van der Waals surface area contributed by atoms with Gasteiger partial charge in [-0.15, -0.1) is 0 Å². The number of likely N-dealkylation sites (tertiary alicyclic amines) is 1. The van der Waals surface area contributed by atoms with Gasteiger partial charge in [-0.05, 0) is 63.4 Å². The number of piperidine rings is 1. The number of anilines is 1. The van der Waals surface area contributed by atoms with Gasteiger partial charge >= 0.3 is 0 Å². The third-order valence-corrected chi connectivity index (χ3v) is 6.74. The number of pyridine rings is 1. The highest BCUT2D eigenvalue weighted by Gasteiger charge is 2.24. The minimum atomic E-state index is 0.173. The highest BCUT2D eigenvalue weighted by atomic mass is 16.1. The van der Waals surface area contributed by atoms with Crippen molar-refractivity contribution >= 4 is 22.6 Å². The molecule has 2 aliphatic heterocycles. The van der Waals surface area contributed by atoms with Gasteiger partial charge < -0.3 is 9.80 Å². The summed E-state index contributed by atoms with van der Waals surface area (Å²) in [5.74, 6) is 1.68. The van der Waals surface area contributed by atoms with Crippen molar-refractivity contribution in [3.8, 4) is 0 Å². The van der Waals surface area contributed by atoms with Crippen LogP contribution in [-0.4, -0.2) is 58.2 Å². The topological polar surface area (TPSA) is 54.3 Å². The fourth-order valence-corrected chi connectivity index (χ4v) is 4.85. The lowest BCUT2D eigenvalue weighted by atomic mass is 9.90. The molecule has 0 atom stereocenters. The van der Waals surface area contributed by atoms with Gasteiger partial charge in [-0.3, -0.25) is 4.79 Å². The van der Waals surface area contributed by atoms with Crippen LogP contribution in [0.2, 0.25) is 0 Å². The van der Waals surface area contributed by atoms with Gasteiger partial charge in [0.2, 0.25) is 0 Å². The summed E-state index contributed by atoms with van der Waals surface area (Å²) < 4.78 is 1.79. The maximum absolute atomic E-state index is 13.0. The standard InChI is InChI=1S/C23H35N5O/c1-3-27-15-11-18(12-16-27)17-20(29)22-19-9-10-21(24-23(19)26(2)25-22)28-13-7-5-4-6-8-14-28/h9-10,18H,3-8,11-17H2,1-2H3. The number of aryl methyl sites for hydroxylation is 1. The lowest BCUT2D eigenvalue weighted by Crippen LogP contribution is -2.34. The molecule has 4 heterocycles. The van der Waals surface area contributed by atoms with E-state index in [-0.39, 0.29) is 5.78 Å². The Kier molecular flexibility index (Phi) is 6.48. The normalized spacial score (nSPS) is 20.0. The molecule has 0 radical (unpaired) electrons. The quantitative estimate of drug-likeness (QED) is 0.713. The molecule has 6 heteroatoms. The summed E-state index contributed by atoms with van der Waals surface area (Å²) >= 11 is 0. The number of hydrogen-bond donors (Lipinski definition) is 0. The largest absolute Gasteiger partial charge is 0.357 e. The average Bonchev–Trinajstić information content (AvgIpc) is 3.05. The Morgan fingerprint density at radius 3 is 2.41 bits per heavy atom. The second-order valence-corrected chi connectivity index (χ2v) is 8.77. The number of nitrogens with zero attached hydrogens (tertiary/aromatic N) is 5. The Labute approximate surface area is 174 Å². The average molecular weight is 398 g/mol. The minimum absolute atomic E-state index is 0.173. The van der Waals surface area contributed by atoms with Gasteiger partial charge in [0.25, 0.3) is 0 Å². The van der Waals surface area contributed by atoms with Crippen LogP contribution in [0.25, 0.3) is 11.0 Å². The van der Waals surface area contributed by atoms with Crippen LogP contribution in [0.15, 0.2) is 12.1 Å². The van der Waals surface area contributed by atoms with Crippen LogP contribution in [0, 0.1) is 5.92 Å². The first-order chi connectivity index (χ1) is 14.2. The summed E-state index contributed by atoms with van der Waals surface area (Å²) in [6, 6.07) is 4.15. The van der Waals surface area contributed by atoms with Crippen LogP contribution >= 0.6 is 0 Å². The summed E-state index contributed by atoms with van der Waals surface area (Å²) in [6.07, 6.45) is 9.25. The lowest BCUT2D eigenvalue weighted by Gasteiger charge is -2.30. The van der Waals surface area contributed by atoms with Crippen LogP contribution in [0.4, 0.5) is 5.82 Å². The second-order valence-electron chi connectivity index (χ2n) is 8.77. The molecule has 29 heavy (non-hydrogen) atoms. The maximum atomic E-state index is 13.0. The van der Waals surface area contributed by atoms with Gasteiger partial charge in [-0.1, -0.05) is 26.2 Å². The molecule has 0 aromatic carbocycles. The van der Waals surface area contributed by atoms with E-state index in [0.717, 1.165) is 62.4 Å². The van der Waals surface area contributed by atoms with Gasteiger partial charge in [0.15, 0.2) is 11.4 Å². The van der Waals surface area contributed by atoms with Gasteiger partial charge in [0.05, 0.1) is 5.39 Å². The van der Waals surface area contributed by atoms with Gasteiger partial charge in [-0.25, -0.2) is 9.67 Å². The van der Waals surface area contributed by atoms with E-state index >= 15 is 0 Å². The van der Waals surface area contributed by atoms with Crippen molar-refractivity contribution in [1.29, 1.82) is 0 Å². The highest BCUT2D eigenvalue weighted by Crippen LogP contribution is 2.26. The predicted octanol–water partition coefficient (Wildman–Crippen LogP) is 4.04. The molecule has 0 unspecified atom stereocenters. The summed E-state index contributed by atoms with van der Waals surface area (Å²) in [4.78, 5) is 22.8. The molecule has 0 amide bonds. The van der Waals surface area contributed by atoms with Crippen LogP contribution < -0.4 is 4.90 Å². The predicted molar refractivity (Wildman–Crippen MR) is 118 cm³/mol. The van der Waals surface area contributed by atoms with Gasteiger partial charge in [-0.2, -0.15) is 5.10 Å². The summed E-state index contributed by atoms with van der Waals surface area (Å²) in [6.45, 7) is 7.67. The van der Waals surface area contributed by atoms with E-state index in [2.05, 4.69) is 34.0 Å². The van der Waals surface area contributed by atoms with E-state index in [9.17, 15) is 4.79 Å².